The molecule has 0 saturated heterocycles. The number of unbranched alkanes of at least 4 members (excludes halogenated alkanes) is 5. The molecule has 98 valence electrons. The Bertz CT molecular complexity index is 164. The number of aliphatic hydroxyl groups excluding tert-OH is 2. The van der Waals surface area contributed by atoms with Crippen LogP contribution in [0.4, 0.5) is 0 Å². The molecule has 0 aliphatic carbocycles. The number of rotatable bonds is 9. The maximum Gasteiger partial charge on any atom is 0.189 e. The van der Waals surface area contributed by atoms with Gasteiger partial charge in [0.1, 0.15) is 0 Å². The van der Waals surface area contributed by atoms with Gasteiger partial charge in [-0.3, -0.25) is 0 Å². The van der Waals surface area contributed by atoms with Crippen LogP contribution in [0.1, 0.15) is 59.3 Å². The Hall–Kier alpha value is -0.160. The van der Waals surface area contributed by atoms with E-state index in [2.05, 4.69) is 6.92 Å². The molecular weight excluding hydrogens is 206 g/mol. The van der Waals surface area contributed by atoms with Gasteiger partial charge in [-0.1, -0.05) is 32.6 Å². The number of nitrogens with zero attached hydrogens (tertiary/aromatic N) is 1. The first-order valence-corrected chi connectivity index (χ1v) is 6.39. The minimum absolute atomic E-state index is 0.293. The van der Waals surface area contributed by atoms with Gasteiger partial charge >= 0.3 is 0 Å². The largest absolute Gasteiger partial charge is 0.629 e. The number of hydroxylamine groups is 3. The molecule has 2 unspecified atom stereocenters. The van der Waals surface area contributed by atoms with Crippen LogP contribution >= 0.6 is 0 Å². The zero-order valence-electron chi connectivity index (χ0n) is 10.9. The zero-order valence-corrected chi connectivity index (χ0v) is 10.9. The molecule has 0 heterocycles. The average Bonchev–Trinajstić information content (AvgIpc) is 2.22. The summed E-state index contributed by atoms with van der Waals surface area (Å²) in [5.41, 5.74) is 0. The minimum Gasteiger partial charge on any atom is -0.629 e. The van der Waals surface area contributed by atoms with Crippen LogP contribution in [-0.4, -0.2) is 33.9 Å². The van der Waals surface area contributed by atoms with Gasteiger partial charge in [0.05, 0.1) is 6.54 Å². The Morgan fingerprint density at radius 1 is 0.938 bits per heavy atom. The molecule has 0 bridgehead atoms. The van der Waals surface area contributed by atoms with Gasteiger partial charge in [0.25, 0.3) is 0 Å². The normalized spacial score (nSPS) is 19.1. The second-order valence-corrected chi connectivity index (χ2v) is 4.61. The monoisotopic (exact) mass is 233 g/mol. The summed E-state index contributed by atoms with van der Waals surface area (Å²) in [7, 11) is 0. The van der Waals surface area contributed by atoms with Crippen molar-refractivity contribution in [3.63, 3.8) is 0 Å². The lowest BCUT2D eigenvalue weighted by Crippen LogP contribution is -2.55. The van der Waals surface area contributed by atoms with Crippen molar-refractivity contribution in [3.8, 4) is 0 Å². The van der Waals surface area contributed by atoms with Crippen LogP contribution in [0.15, 0.2) is 0 Å². The lowest BCUT2D eigenvalue weighted by Gasteiger charge is -2.47. The number of aliphatic hydroxyl groups is 2. The molecule has 0 saturated carbocycles. The van der Waals surface area contributed by atoms with E-state index in [-0.39, 0.29) is 0 Å². The summed E-state index contributed by atoms with van der Waals surface area (Å²) in [6.07, 6.45) is 4.44. The Kier molecular flexibility index (Phi) is 7.93. The van der Waals surface area contributed by atoms with E-state index in [4.69, 9.17) is 0 Å². The zero-order chi connectivity index (χ0) is 12.6. The quantitative estimate of drug-likeness (QED) is 0.278. The van der Waals surface area contributed by atoms with Crippen molar-refractivity contribution in [3.05, 3.63) is 5.21 Å². The first kappa shape index (κ1) is 15.8. The SMILES string of the molecule is CCCCCCCC[N+]([O-])(C(C)O)C(C)O. The third kappa shape index (κ3) is 5.25. The molecule has 0 aliphatic rings. The van der Waals surface area contributed by atoms with Crippen LogP contribution in [0, 0.1) is 5.21 Å². The van der Waals surface area contributed by atoms with Crippen LogP contribution in [0.5, 0.6) is 0 Å². The van der Waals surface area contributed by atoms with E-state index in [0.717, 1.165) is 19.3 Å². The van der Waals surface area contributed by atoms with E-state index in [1.54, 1.807) is 0 Å². The Morgan fingerprint density at radius 3 is 1.81 bits per heavy atom. The molecule has 4 nitrogen and oxygen atoms in total. The molecule has 0 fully saturated rings. The molecule has 0 aromatic heterocycles. The highest BCUT2D eigenvalue weighted by Crippen LogP contribution is 2.17. The topological polar surface area (TPSA) is 63.5 Å². The molecule has 4 heteroatoms. The number of hydrogen-bond acceptors (Lipinski definition) is 3. The molecule has 0 aliphatic heterocycles. The van der Waals surface area contributed by atoms with Gasteiger partial charge in [0, 0.05) is 13.8 Å². The van der Waals surface area contributed by atoms with Gasteiger partial charge in [-0.05, 0) is 12.8 Å². The van der Waals surface area contributed by atoms with Crippen LogP contribution in [0.25, 0.3) is 0 Å². The van der Waals surface area contributed by atoms with E-state index in [0.29, 0.717) is 6.54 Å². The molecule has 0 aromatic rings. The molecule has 2 N–H and O–H groups in total. The van der Waals surface area contributed by atoms with Gasteiger partial charge in [-0.25, -0.2) is 0 Å². The average molecular weight is 233 g/mol. The van der Waals surface area contributed by atoms with E-state index in [1.807, 2.05) is 0 Å². The van der Waals surface area contributed by atoms with Crippen LogP contribution in [-0.2, 0) is 0 Å². The molecule has 0 spiro atoms. The van der Waals surface area contributed by atoms with Gasteiger partial charge in [0.2, 0.25) is 0 Å². The fourth-order valence-corrected chi connectivity index (χ4v) is 1.83. The van der Waals surface area contributed by atoms with Crippen LogP contribution in [0.2, 0.25) is 0 Å². The van der Waals surface area contributed by atoms with Crippen LogP contribution < -0.4 is 0 Å². The Balaban J connectivity index is 3.78. The van der Waals surface area contributed by atoms with E-state index < -0.39 is 17.1 Å². The fraction of sp³-hybridized carbons (Fsp3) is 1.00. The van der Waals surface area contributed by atoms with Crippen LogP contribution in [0.3, 0.4) is 0 Å². The van der Waals surface area contributed by atoms with Gasteiger partial charge < -0.3 is 20.1 Å². The molecule has 0 amide bonds. The highest BCUT2D eigenvalue weighted by Gasteiger charge is 2.27. The van der Waals surface area contributed by atoms with Crippen molar-refractivity contribution in [2.45, 2.75) is 71.8 Å². The first-order chi connectivity index (χ1) is 7.45. The summed E-state index contributed by atoms with van der Waals surface area (Å²) in [6.45, 7) is 5.34. The molecule has 0 aromatic carbocycles. The highest BCUT2D eigenvalue weighted by molar-refractivity contribution is 4.49. The minimum atomic E-state index is -1.06. The number of hydrogen-bond donors (Lipinski definition) is 2. The van der Waals surface area contributed by atoms with Crippen molar-refractivity contribution < 1.29 is 14.9 Å². The van der Waals surface area contributed by atoms with Gasteiger partial charge in [0.15, 0.2) is 12.5 Å². The molecule has 2 atom stereocenters. The molecule has 16 heavy (non-hydrogen) atoms. The fourth-order valence-electron chi connectivity index (χ4n) is 1.83. The van der Waals surface area contributed by atoms with Crippen molar-refractivity contribution in [2.75, 3.05) is 6.54 Å². The molecular formula is C12H27NO3. The van der Waals surface area contributed by atoms with Gasteiger partial charge in [-0.2, -0.15) is 0 Å². The van der Waals surface area contributed by atoms with E-state index >= 15 is 0 Å². The second-order valence-electron chi connectivity index (χ2n) is 4.61. The Labute approximate surface area is 99.1 Å². The summed E-state index contributed by atoms with van der Waals surface area (Å²) in [6, 6.07) is 0. The summed E-state index contributed by atoms with van der Waals surface area (Å²) >= 11 is 0. The molecule has 0 rings (SSSR count). The standard InChI is InChI=1S/C12H27NO3/c1-4-5-6-7-8-9-10-13(16,11(2)14)12(3)15/h11-12,14-15H,4-10H2,1-3H3. The highest BCUT2D eigenvalue weighted by atomic mass is 16.6. The third-order valence-electron chi connectivity index (χ3n) is 3.13. The Morgan fingerprint density at radius 2 is 1.38 bits per heavy atom. The number of quaternary nitrogens is 1. The lowest BCUT2D eigenvalue weighted by molar-refractivity contribution is -0.965. The van der Waals surface area contributed by atoms with Crippen molar-refractivity contribution >= 4 is 0 Å². The van der Waals surface area contributed by atoms with Gasteiger partial charge in [-0.15, -0.1) is 0 Å². The summed E-state index contributed by atoms with van der Waals surface area (Å²) < 4.78 is -0.909. The summed E-state index contributed by atoms with van der Waals surface area (Å²) in [5, 5.41) is 30.8. The molecule has 0 radical (unpaired) electrons. The van der Waals surface area contributed by atoms with Crippen molar-refractivity contribution in [1.29, 1.82) is 0 Å². The maximum atomic E-state index is 12.0. The summed E-state index contributed by atoms with van der Waals surface area (Å²) in [5.74, 6) is 0. The smallest absolute Gasteiger partial charge is 0.189 e. The first-order valence-electron chi connectivity index (χ1n) is 6.39. The third-order valence-corrected chi connectivity index (χ3v) is 3.13. The maximum absolute atomic E-state index is 12.0. The predicted molar refractivity (Wildman–Crippen MR) is 65.2 cm³/mol. The van der Waals surface area contributed by atoms with Crippen molar-refractivity contribution in [2.24, 2.45) is 0 Å². The van der Waals surface area contributed by atoms with Crippen molar-refractivity contribution in [1.82, 2.24) is 0 Å². The second kappa shape index (κ2) is 8.01. The predicted octanol–water partition coefficient (Wildman–Crippen LogP) is 2.34. The van der Waals surface area contributed by atoms with E-state index in [9.17, 15) is 15.4 Å². The van der Waals surface area contributed by atoms with E-state index in [1.165, 1.54) is 33.1 Å². The lowest BCUT2D eigenvalue weighted by atomic mass is 10.1. The summed E-state index contributed by atoms with van der Waals surface area (Å²) in [4.78, 5) is 0.